The van der Waals surface area contributed by atoms with Crippen molar-refractivity contribution in [3.05, 3.63) is 63.6 Å². The highest BCUT2D eigenvalue weighted by Crippen LogP contribution is 2.27. The standard InChI is InChI=1S/C18H13BrN4OS3/c19-12-6-4-11(5-7-12)9-25-18-20-13(10-26-18)8-16(24)21-14-2-1-3-15-17(14)23-27-22-15/h1-7,10H,8-9H2,(H,21,24). The number of nitrogens with one attached hydrogen (secondary N) is 1. The molecular weight excluding hydrogens is 464 g/mol. The largest absolute Gasteiger partial charge is 0.324 e. The molecule has 2 aromatic carbocycles. The second kappa shape index (κ2) is 8.47. The molecule has 0 aliphatic rings. The number of carbonyl (C=O) groups excluding carboxylic acids is 1. The highest BCUT2D eigenvalue weighted by molar-refractivity contribution is 9.10. The first-order valence-corrected chi connectivity index (χ1v) is 11.4. The molecule has 27 heavy (non-hydrogen) atoms. The van der Waals surface area contributed by atoms with E-state index in [2.05, 4.69) is 47.1 Å². The molecule has 136 valence electrons. The molecule has 4 aromatic rings. The number of hydrogen-bond acceptors (Lipinski definition) is 7. The zero-order valence-corrected chi connectivity index (χ0v) is 17.9. The van der Waals surface area contributed by atoms with Crippen LogP contribution in [0.4, 0.5) is 5.69 Å². The number of halogens is 1. The number of fused-ring (bicyclic) bond motifs is 1. The third-order valence-electron chi connectivity index (χ3n) is 3.71. The van der Waals surface area contributed by atoms with Gasteiger partial charge in [-0.2, -0.15) is 8.75 Å². The Morgan fingerprint density at radius 2 is 2.00 bits per heavy atom. The first-order valence-electron chi connectivity index (χ1n) is 8.00. The highest BCUT2D eigenvalue weighted by Gasteiger charge is 2.11. The number of thiazole rings is 1. The molecule has 0 atom stereocenters. The molecule has 4 rings (SSSR count). The van der Waals surface area contributed by atoms with Gasteiger partial charge in [0.25, 0.3) is 0 Å². The molecule has 0 radical (unpaired) electrons. The number of nitrogens with zero attached hydrogens (tertiary/aromatic N) is 3. The summed E-state index contributed by atoms with van der Waals surface area (Å²) < 4.78 is 10.5. The average Bonchev–Trinajstić information content (AvgIpc) is 3.31. The van der Waals surface area contributed by atoms with E-state index in [4.69, 9.17) is 0 Å². The van der Waals surface area contributed by atoms with E-state index in [0.717, 1.165) is 43.0 Å². The van der Waals surface area contributed by atoms with Gasteiger partial charge in [0.1, 0.15) is 15.4 Å². The summed E-state index contributed by atoms with van der Waals surface area (Å²) in [5.41, 5.74) is 4.21. The van der Waals surface area contributed by atoms with E-state index < -0.39 is 0 Å². The number of hydrogen-bond donors (Lipinski definition) is 1. The van der Waals surface area contributed by atoms with Crippen molar-refractivity contribution in [3.8, 4) is 0 Å². The van der Waals surface area contributed by atoms with Gasteiger partial charge >= 0.3 is 0 Å². The van der Waals surface area contributed by atoms with Crippen molar-refractivity contribution >= 4 is 73.4 Å². The van der Waals surface area contributed by atoms with Crippen LogP contribution >= 0.6 is 50.8 Å². The molecule has 5 nitrogen and oxygen atoms in total. The Balaban J connectivity index is 1.35. The van der Waals surface area contributed by atoms with E-state index in [1.54, 1.807) is 23.1 Å². The van der Waals surface area contributed by atoms with Crippen LogP contribution < -0.4 is 5.32 Å². The van der Waals surface area contributed by atoms with Crippen molar-refractivity contribution in [1.29, 1.82) is 0 Å². The summed E-state index contributed by atoms with van der Waals surface area (Å²) >= 11 is 7.82. The monoisotopic (exact) mass is 476 g/mol. The minimum absolute atomic E-state index is 0.106. The number of carbonyl (C=O) groups is 1. The first-order chi connectivity index (χ1) is 13.2. The van der Waals surface area contributed by atoms with Crippen molar-refractivity contribution in [1.82, 2.24) is 13.7 Å². The molecular formula is C18H13BrN4OS3. The smallest absolute Gasteiger partial charge is 0.230 e. The maximum atomic E-state index is 12.4. The summed E-state index contributed by atoms with van der Waals surface area (Å²) in [4.78, 5) is 16.9. The minimum atomic E-state index is -0.106. The van der Waals surface area contributed by atoms with Gasteiger partial charge in [0.15, 0.2) is 0 Å². The zero-order valence-electron chi connectivity index (χ0n) is 13.9. The molecule has 0 unspecified atom stereocenters. The predicted molar refractivity (Wildman–Crippen MR) is 116 cm³/mol. The number of amides is 1. The highest BCUT2D eigenvalue weighted by atomic mass is 79.9. The molecule has 1 amide bonds. The molecule has 2 heterocycles. The predicted octanol–water partition coefficient (Wildman–Crippen LogP) is 5.38. The molecule has 1 N–H and O–H groups in total. The Bertz CT molecular complexity index is 1080. The fourth-order valence-electron chi connectivity index (χ4n) is 2.43. The summed E-state index contributed by atoms with van der Waals surface area (Å²) in [6, 6.07) is 13.8. The lowest BCUT2D eigenvalue weighted by atomic mass is 10.2. The van der Waals surface area contributed by atoms with Gasteiger partial charge in [0.05, 0.1) is 29.5 Å². The third kappa shape index (κ3) is 4.73. The van der Waals surface area contributed by atoms with Gasteiger partial charge in [-0.05, 0) is 29.8 Å². The molecule has 2 aromatic heterocycles. The van der Waals surface area contributed by atoms with Crippen molar-refractivity contribution in [2.45, 2.75) is 16.5 Å². The fraction of sp³-hybridized carbons (Fsp3) is 0.111. The van der Waals surface area contributed by atoms with Gasteiger partial charge in [-0.3, -0.25) is 4.79 Å². The summed E-state index contributed by atoms with van der Waals surface area (Å²) in [5, 5.41) is 4.85. The van der Waals surface area contributed by atoms with Gasteiger partial charge in [-0.1, -0.05) is 45.9 Å². The zero-order chi connectivity index (χ0) is 18.6. The second-order valence-electron chi connectivity index (χ2n) is 5.68. The number of anilines is 1. The summed E-state index contributed by atoms with van der Waals surface area (Å²) in [6.07, 6.45) is 0.239. The van der Waals surface area contributed by atoms with Crippen molar-refractivity contribution in [3.63, 3.8) is 0 Å². The van der Waals surface area contributed by atoms with E-state index in [1.165, 1.54) is 5.56 Å². The average molecular weight is 477 g/mol. The Hall–Kier alpha value is -1.81. The Morgan fingerprint density at radius 1 is 1.15 bits per heavy atom. The van der Waals surface area contributed by atoms with Crippen molar-refractivity contribution in [2.24, 2.45) is 0 Å². The van der Waals surface area contributed by atoms with Crippen LogP contribution in [0.15, 0.2) is 56.7 Å². The summed E-state index contributed by atoms with van der Waals surface area (Å²) in [5.74, 6) is 0.746. The van der Waals surface area contributed by atoms with E-state index in [1.807, 2.05) is 35.7 Å². The minimum Gasteiger partial charge on any atom is -0.324 e. The van der Waals surface area contributed by atoms with Crippen LogP contribution in [0.2, 0.25) is 0 Å². The van der Waals surface area contributed by atoms with Gasteiger partial charge in [-0.15, -0.1) is 11.3 Å². The Labute approximate surface area is 176 Å². The van der Waals surface area contributed by atoms with Crippen LogP contribution in [0.25, 0.3) is 11.0 Å². The molecule has 0 aliphatic carbocycles. The lowest BCUT2D eigenvalue weighted by Gasteiger charge is -2.04. The van der Waals surface area contributed by atoms with Crippen LogP contribution in [-0.2, 0) is 17.0 Å². The number of thioether (sulfide) groups is 1. The Kier molecular flexibility index (Phi) is 5.82. The molecule has 0 saturated heterocycles. The van der Waals surface area contributed by atoms with Gasteiger partial charge in [-0.25, -0.2) is 4.98 Å². The normalized spacial score (nSPS) is 11.0. The lowest BCUT2D eigenvalue weighted by molar-refractivity contribution is -0.115. The van der Waals surface area contributed by atoms with Crippen LogP contribution in [0.5, 0.6) is 0 Å². The van der Waals surface area contributed by atoms with E-state index in [-0.39, 0.29) is 12.3 Å². The summed E-state index contributed by atoms with van der Waals surface area (Å²) in [6.45, 7) is 0. The lowest BCUT2D eigenvalue weighted by Crippen LogP contribution is -2.14. The van der Waals surface area contributed by atoms with E-state index in [0.29, 0.717) is 5.69 Å². The molecule has 0 spiro atoms. The molecule has 0 fully saturated rings. The second-order valence-corrected chi connectivity index (χ2v) is 9.21. The maximum Gasteiger partial charge on any atom is 0.230 e. The van der Waals surface area contributed by atoms with Gasteiger partial charge in [0.2, 0.25) is 5.91 Å². The fourth-order valence-corrected chi connectivity index (χ4v) is 5.04. The maximum absolute atomic E-state index is 12.4. The number of benzene rings is 2. The molecule has 0 aliphatic heterocycles. The number of aromatic nitrogens is 3. The molecule has 0 saturated carbocycles. The van der Waals surface area contributed by atoms with Crippen molar-refractivity contribution in [2.75, 3.05) is 5.32 Å². The molecule has 9 heteroatoms. The molecule has 0 bridgehead atoms. The SMILES string of the molecule is O=C(Cc1csc(SCc2ccc(Br)cc2)n1)Nc1cccc2nsnc12. The third-order valence-corrected chi connectivity index (χ3v) is 6.92. The van der Waals surface area contributed by atoms with Crippen LogP contribution in [-0.4, -0.2) is 19.6 Å². The van der Waals surface area contributed by atoms with Crippen molar-refractivity contribution < 1.29 is 4.79 Å². The van der Waals surface area contributed by atoms with E-state index >= 15 is 0 Å². The first kappa shape index (κ1) is 18.5. The van der Waals surface area contributed by atoms with Crippen LogP contribution in [0.1, 0.15) is 11.3 Å². The number of rotatable bonds is 6. The van der Waals surface area contributed by atoms with Gasteiger partial charge < -0.3 is 5.32 Å². The quantitative estimate of drug-likeness (QED) is 0.378. The van der Waals surface area contributed by atoms with Crippen LogP contribution in [0, 0.1) is 0 Å². The van der Waals surface area contributed by atoms with Crippen LogP contribution in [0.3, 0.4) is 0 Å². The topological polar surface area (TPSA) is 67.8 Å². The van der Waals surface area contributed by atoms with Gasteiger partial charge in [0, 0.05) is 15.6 Å². The Morgan fingerprint density at radius 3 is 2.85 bits per heavy atom. The van der Waals surface area contributed by atoms with E-state index in [9.17, 15) is 4.79 Å². The summed E-state index contributed by atoms with van der Waals surface area (Å²) in [7, 11) is 0.